The van der Waals surface area contributed by atoms with E-state index in [2.05, 4.69) is 15.9 Å². The van der Waals surface area contributed by atoms with Crippen LogP contribution in [-0.2, 0) is 0 Å². The molecular weight excluding hydrogens is 323 g/mol. The molecule has 0 atom stereocenters. The summed E-state index contributed by atoms with van der Waals surface area (Å²) in [5.74, 6) is -0.874. The van der Waals surface area contributed by atoms with Crippen LogP contribution in [0, 0.1) is 12.7 Å². The van der Waals surface area contributed by atoms with E-state index in [0.29, 0.717) is 10.1 Å². The van der Waals surface area contributed by atoms with Crippen LogP contribution in [-0.4, -0.2) is 5.78 Å². The normalized spacial score (nSPS) is 10.9. The van der Waals surface area contributed by atoms with Crippen molar-refractivity contribution in [2.45, 2.75) is 6.92 Å². The van der Waals surface area contributed by atoms with Crippen LogP contribution >= 0.6 is 15.9 Å². The van der Waals surface area contributed by atoms with Crippen LogP contribution < -0.4 is 0 Å². The van der Waals surface area contributed by atoms with Crippen molar-refractivity contribution in [3.8, 4) is 0 Å². The first-order chi connectivity index (χ1) is 9.56. The van der Waals surface area contributed by atoms with E-state index in [0.717, 1.165) is 10.9 Å². The van der Waals surface area contributed by atoms with Gasteiger partial charge >= 0.3 is 0 Å². The molecule has 0 amide bonds. The number of para-hydroxylation sites is 1. The molecule has 0 aliphatic carbocycles. The summed E-state index contributed by atoms with van der Waals surface area (Å²) in [5, 5.41) is 0.837. The maximum Gasteiger partial charge on any atom is 0.231 e. The Morgan fingerprint density at radius 3 is 2.75 bits per heavy atom. The highest BCUT2D eigenvalue weighted by Crippen LogP contribution is 2.26. The Morgan fingerprint density at radius 2 is 2.00 bits per heavy atom. The van der Waals surface area contributed by atoms with E-state index in [1.54, 1.807) is 12.1 Å². The lowest BCUT2D eigenvalue weighted by Gasteiger charge is -2.00. The van der Waals surface area contributed by atoms with Crippen molar-refractivity contribution < 1.29 is 13.6 Å². The number of hydrogen-bond acceptors (Lipinski definition) is 2. The average Bonchev–Trinajstić information content (AvgIpc) is 2.86. The van der Waals surface area contributed by atoms with Crippen molar-refractivity contribution in [1.82, 2.24) is 0 Å². The van der Waals surface area contributed by atoms with Crippen LogP contribution in [0.3, 0.4) is 0 Å². The van der Waals surface area contributed by atoms with Gasteiger partial charge in [0.25, 0.3) is 0 Å². The summed E-state index contributed by atoms with van der Waals surface area (Å²) in [7, 11) is 0. The Balaban J connectivity index is 2.13. The summed E-state index contributed by atoms with van der Waals surface area (Å²) in [6, 6.07) is 11.6. The summed E-state index contributed by atoms with van der Waals surface area (Å²) < 4.78 is 20.0. The highest BCUT2D eigenvalue weighted by atomic mass is 79.9. The number of benzene rings is 2. The smallest absolute Gasteiger partial charge is 0.231 e. The third-order valence-electron chi connectivity index (χ3n) is 3.14. The third kappa shape index (κ3) is 2.16. The number of aryl methyl sites for hydroxylation is 1. The first-order valence-electron chi connectivity index (χ1n) is 6.05. The number of carbonyl (C=O) groups is 1. The molecule has 0 bridgehead atoms. The maximum absolute atomic E-state index is 13.8. The molecule has 20 heavy (non-hydrogen) atoms. The summed E-state index contributed by atoms with van der Waals surface area (Å²) >= 11 is 3.23. The molecule has 100 valence electrons. The van der Waals surface area contributed by atoms with E-state index in [4.69, 9.17) is 4.42 Å². The molecule has 0 fully saturated rings. The first kappa shape index (κ1) is 13.1. The molecule has 3 rings (SSSR count). The van der Waals surface area contributed by atoms with Crippen LogP contribution in [0.4, 0.5) is 4.39 Å². The van der Waals surface area contributed by atoms with Crippen LogP contribution in [0.1, 0.15) is 21.7 Å². The first-order valence-corrected chi connectivity index (χ1v) is 6.84. The van der Waals surface area contributed by atoms with Gasteiger partial charge in [-0.25, -0.2) is 4.39 Å². The molecule has 0 saturated carbocycles. The van der Waals surface area contributed by atoms with Gasteiger partial charge in [0, 0.05) is 9.86 Å². The van der Waals surface area contributed by atoms with Gasteiger partial charge in [-0.1, -0.05) is 34.1 Å². The molecule has 0 N–H and O–H groups in total. The second kappa shape index (κ2) is 4.87. The monoisotopic (exact) mass is 332 g/mol. The second-order valence-corrected chi connectivity index (χ2v) is 5.47. The summed E-state index contributed by atoms with van der Waals surface area (Å²) in [5.41, 5.74) is 1.60. The van der Waals surface area contributed by atoms with Gasteiger partial charge in [0.05, 0.1) is 5.56 Å². The minimum atomic E-state index is -0.560. The highest BCUT2D eigenvalue weighted by molar-refractivity contribution is 9.10. The fourth-order valence-electron chi connectivity index (χ4n) is 2.13. The Hall–Kier alpha value is -1.94. The predicted molar refractivity (Wildman–Crippen MR) is 78.5 cm³/mol. The number of rotatable bonds is 2. The number of fused-ring (bicyclic) bond motifs is 1. The fraction of sp³-hybridized carbons (Fsp3) is 0.0625. The van der Waals surface area contributed by atoms with E-state index >= 15 is 0 Å². The zero-order chi connectivity index (χ0) is 14.3. The van der Waals surface area contributed by atoms with Gasteiger partial charge < -0.3 is 4.42 Å². The van der Waals surface area contributed by atoms with Crippen LogP contribution in [0.2, 0.25) is 0 Å². The van der Waals surface area contributed by atoms with Gasteiger partial charge in [0.1, 0.15) is 11.4 Å². The molecule has 0 radical (unpaired) electrons. The summed E-state index contributed by atoms with van der Waals surface area (Å²) in [6.07, 6.45) is 0. The molecule has 1 heterocycles. The highest BCUT2D eigenvalue weighted by Gasteiger charge is 2.19. The molecule has 0 spiro atoms. The van der Waals surface area contributed by atoms with Crippen molar-refractivity contribution in [2.24, 2.45) is 0 Å². The van der Waals surface area contributed by atoms with Crippen LogP contribution in [0.15, 0.2) is 51.4 Å². The lowest BCUT2D eigenvalue weighted by atomic mass is 10.1. The molecular formula is C16H10BrFO2. The lowest BCUT2D eigenvalue weighted by Crippen LogP contribution is -2.02. The lowest BCUT2D eigenvalue weighted by molar-refractivity contribution is 0.101. The third-order valence-corrected chi connectivity index (χ3v) is 3.63. The van der Waals surface area contributed by atoms with Crippen molar-refractivity contribution >= 4 is 32.7 Å². The van der Waals surface area contributed by atoms with E-state index < -0.39 is 11.6 Å². The molecule has 2 aromatic carbocycles. The minimum absolute atomic E-state index is 0.00363. The van der Waals surface area contributed by atoms with Gasteiger partial charge in [-0.15, -0.1) is 0 Å². The number of carbonyl (C=O) groups excluding carboxylic acids is 1. The summed E-state index contributed by atoms with van der Waals surface area (Å²) in [6.45, 7) is 1.90. The molecule has 0 unspecified atom stereocenters. The van der Waals surface area contributed by atoms with Crippen molar-refractivity contribution in [1.29, 1.82) is 0 Å². The Morgan fingerprint density at radius 1 is 1.20 bits per heavy atom. The maximum atomic E-state index is 13.8. The topological polar surface area (TPSA) is 30.2 Å². The Labute approximate surface area is 123 Å². The SMILES string of the molecule is Cc1cccc2cc(C(=O)c3cc(Br)ccc3F)oc12. The molecule has 4 heteroatoms. The minimum Gasteiger partial charge on any atom is -0.452 e. The van der Waals surface area contributed by atoms with Gasteiger partial charge in [0.15, 0.2) is 5.76 Å². The van der Waals surface area contributed by atoms with Crippen LogP contribution in [0.25, 0.3) is 11.0 Å². The molecule has 0 saturated heterocycles. The molecule has 0 aliphatic heterocycles. The summed E-state index contributed by atoms with van der Waals surface area (Å²) in [4.78, 5) is 12.3. The van der Waals surface area contributed by atoms with Crippen molar-refractivity contribution in [2.75, 3.05) is 0 Å². The van der Waals surface area contributed by atoms with Gasteiger partial charge in [-0.2, -0.15) is 0 Å². The quantitative estimate of drug-likeness (QED) is 0.626. The Kier molecular flexibility index (Phi) is 3.18. The Bertz CT molecular complexity index is 820. The van der Waals surface area contributed by atoms with Crippen LogP contribution in [0.5, 0.6) is 0 Å². The number of hydrogen-bond donors (Lipinski definition) is 0. The zero-order valence-electron chi connectivity index (χ0n) is 10.6. The van der Waals surface area contributed by atoms with E-state index in [1.807, 2.05) is 25.1 Å². The van der Waals surface area contributed by atoms with Crippen molar-refractivity contribution in [3.05, 3.63) is 69.6 Å². The predicted octanol–water partition coefficient (Wildman–Crippen LogP) is 4.87. The molecule has 2 nitrogen and oxygen atoms in total. The zero-order valence-corrected chi connectivity index (χ0v) is 12.2. The molecule has 0 aliphatic rings. The second-order valence-electron chi connectivity index (χ2n) is 4.56. The largest absolute Gasteiger partial charge is 0.452 e. The number of halogens is 2. The van der Waals surface area contributed by atoms with E-state index in [9.17, 15) is 9.18 Å². The fourth-order valence-corrected chi connectivity index (χ4v) is 2.49. The van der Waals surface area contributed by atoms with E-state index in [1.165, 1.54) is 12.1 Å². The average molecular weight is 333 g/mol. The van der Waals surface area contributed by atoms with Crippen molar-refractivity contribution in [3.63, 3.8) is 0 Å². The number of furan rings is 1. The molecule has 1 aromatic heterocycles. The number of ketones is 1. The standard InChI is InChI=1S/C16H10BrFO2/c1-9-3-2-4-10-7-14(20-16(9)10)15(19)12-8-11(17)5-6-13(12)18/h2-8H,1H3. The molecule has 3 aromatic rings. The van der Waals surface area contributed by atoms with Gasteiger partial charge in [-0.3, -0.25) is 4.79 Å². The van der Waals surface area contributed by atoms with Gasteiger partial charge in [0.2, 0.25) is 5.78 Å². The van der Waals surface area contributed by atoms with E-state index in [-0.39, 0.29) is 11.3 Å². The van der Waals surface area contributed by atoms with Gasteiger partial charge in [-0.05, 0) is 36.8 Å².